The zero-order valence-corrected chi connectivity index (χ0v) is 13.0. The third kappa shape index (κ3) is 4.69. The predicted octanol–water partition coefficient (Wildman–Crippen LogP) is 0.755. The summed E-state index contributed by atoms with van der Waals surface area (Å²) < 4.78 is 27.8. The fraction of sp³-hybridized carbons (Fsp3) is 0.857. The fourth-order valence-electron chi connectivity index (χ4n) is 3.14. The van der Waals surface area contributed by atoms with Gasteiger partial charge in [-0.3, -0.25) is 9.59 Å². The van der Waals surface area contributed by atoms with E-state index in [9.17, 15) is 18.0 Å². The molecule has 0 aromatic carbocycles. The Morgan fingerprint density at radius 1 is 1.19 bits per heavy atom. The van der Waals surface area contributed by atoms with Gasteiger partial charge in [0.05, 0.1) is 11.5 Å². The van der Waals surface area contributed by atoms with Crippen LogP contribution >= 0.6 is 0 Å². The van der Waals surface area contributed by atoms with Gasteiger partial charge in [0, 0.05) is 13.1 Å². The third-order valence-corrected chi connectivity index (χ3v) is 6.03. The van der Waals surface area contributed by atoms with Crippen molar-refractivity contribution in [3.63, 3.8) is 0 Å². The molecule has 21 heavy (non-hydrogen) atoms. The molecule has 0 unspecified atom stereocenters. The molecule has 0 N–H and O–H groups in total. The number of ether oxygens (including phenoxy) is 1. The van der Waals surface area contributed by atoms with Gasteiger partial charge in [0.25, 0.3) is 12.4 Å². The Kier molecular flexibility index (Phi) is 5.61. The lowest BCUT2D eigenvalue weighted by atomic mass is 9.85. The molecule has 2 rings (SSSR count). The van der Waals surface area contributed by atoms with Crippen LogP contribution in [-0.4, -0.2) is 56.4 Å². The Labute approximate surface area is 125 Å². The van der Waals surface area contributed by atoms with Gasteiger partial charge < -0.3 is 9.64 Å². The van der Waals surface area contributed by atoms with Gasteiger partial charge >= 0.3 is 0 Å². The maximum absolute atomic E-state index is 12.4. The van der Waals surface area contributed by atoms with E-state index in [4.69, 9.17) is 4.74 Å². The summed E-state index contributed by atoms with van der Waals surface area (Å²) in [4.78, 5) is 24.6. The predicted molar refractivity (Wildman–Crippen MR) is 77.4 cm³/mol. The number of nitrogens with zero attached hydrogens (tertiary/aromatic N) is 1. The van der Waals surface area contributed by atoms with Crippen LogP contribution in [0.2, 0.25) is 0 Å². The molecule has 0 aromatic rings. The molecule has 0 radical (unpaired) electrons. The molecule has 1 saturated heterocycles. The number of sulfone groups is 1. The van der Waals surface area contributed by atoms with Gasteiger partial charge in [0.1, 0.15) is 0 Å². The molecule has 2 fully saturated rings. The van der Waals surface area contributed by atoms with Gasteiger partial charge in [-0.15, -0.1) is 0 Å². The number of hydrogen-bond acceptors (Lipinski definition) is 5. The van der Waals surface area contributed by atoms with Crippen molar-refractivity contribution in [2.45, 2.75) is 44.6 Å². The zero-order chi connectivity index (χ0) is 15.3. The largest absolute Gasteiger partial charge is 0.454 e. The molecule has 1 heterocycles. The molecule has 1 aliphatic heterocycles. The highest BCUT2D eigenvalue weighted by molar-refractivity contribution is 7.91. The summed E-state index contributed by atoms with van der Waals surface area (Å²) in [7, 11) is -3.02. The van der Waals surface area contributed by atoms with Crippen molar-refractivity contribution < 1.29 is 22.7 Å². The number of amides is 1. The second kappa shape index (κ2) is 7.24. The highest BCUT2D eigenvalue weighted by Crippen LogP contribution is 2.28. The van der Waals surface area contributed by atoms with Crippen LogP contribution in [0.1, 0.15) is 38.5 Å². The lowest BCUT2D eigenvalue weighted by molar-refractivity contribution is -0.152. The van der Waals surface area contributed by atoms with E-state index in [1.165, 1.54) is 11.3 Å². The summed E-state index contributed by atoms with van der Waals surface area (Å²) in [5.74, 6) is 0.162. The second-order valence-corrected chi connectivity index (χ2v) is 8.24. The van der Waals surface area contributed by atoms with Gasteiger partial charge in [0.2, 0.25) is 0 Å². The normalized spacial score (nSPS) is 24.3. The van der Waals surface area contributed by atoms with Crippen LogP contribution in [0.3, 0.4) is 0 Å². The molecule has 1 amide bonds. The summed E-state index contributed by atoms with van der Waals surface area (Å²) in [5.41, 5.74) is 0. The number of carbonyl (C=O) groups is 2. The molecule has 0 bridgehead atoms. The van der Waals surface area contributed by atoms with Crippen LogP contribution in [-0.2, 0) is 24.2 Å². The molecule has 1 aliphatic carbocycles. The maximum atomic E-state index is 12.4. The standard InChI is InChI=1S/C14H23NO5S/c16-11-20-13(10-12-4-2-1-3-5-12)14(17)15-6-8-21(18,19)9-7-15/h11-13H,1-10H2/t13-/m0/s1. The van der Waals surface area contributed by atoms with E-state index in [0.29, 0.717) is 18.8 Å². The first-order valence-electron chi connectivity index (χ1n) is 7.60. The van der Waals surface area contributed by atoms with Crippen LogP contribution in [0.4, 0.5) is 0 Å². The van der Waals surface area contributed by atoms with Crippen LogP contribution in [0.25, 0.3) is 0 Å². The van der Waals surface area contributed by atoms with Gasteiger partial charge in [-0.05, 0) is 12.3 Å². The van der Waals surface area contributed by atoms with E-state index in [1.807, 2.05) is 0 Å². The lowest BCUT2D eigenvalue weighted by Crippen LogP contribution is -2.48. The second-order valence-electron chi connectivity index (χ2n) is 5.94. The number of hydrogen-bond donors (Lipinski definition) is 0. The van der Waals surface area contributed by atoms with Crippen LogP contribution in [0.15, 0.2) is 0 Å². The minimum Gasteiger partial charge on any atom is -0.454 e. The number of carbonyl (C=O) groups excluding carboxylic acids is 2. The Bertz CT molecular complexity index is 456. The van der Waals surface area contributed by atoms with Gasteiger partial charge in [-0.2, -0.15) is 0 Å². The first-order valence-corrected chi connectivity index (χ1v) is 9.42. The van der Waals surface area contributed by atoms with E-state index in [2.05, 4.69) is 0 Å². The molecular weight excluding hydrogens is 294 g/mol. The van der Waals surface area contributed by atoms with Gasteiger partial charge in [0.15, 0.2) is 15.9 Å². The Balaban J connectivity index is 1.93. The zero-order valence-electron chi connectivity index (χ0n) is 12.2. The van der Waals surface area contributed by atoms with Crippen LogP contribution in [0.5, 0.6) is 0 Å². The highest BCUT2D eigenvalue weighted by Gasteiger charge is 2.32. The Morgan fingerprint density at radius 3 is 2.38 bits per heavy atom. The molecule has 1 saturated carbocycles. The van der Waals surface area contributed by atoms with Crippen molar-refractivity contribution in [1.82, 2.24) is 4.90 Å². The molecule has 0 aromatic heterocycles. The number of rotatable bonds is 5. The summed E-state index contributed by atoms with van der Waals surface area (Å²) in [6.07, 6.45) is 5.49. The van der Waals surface area contributed by atoms with E-state index >= 15 is 0 Å². The molecule has 1 atom stereocenters. The summed E-state index contributed by atoms with van der Waals surface area (Å²) in [6.45, 7) is 0.723. The SMILES string of the molecule is O=CO[C@@H](CC1CCCCC1)C(=O)N1CCS(=O)(=O)CC1. The average molecular weight is 317 g/mol. The van der Waals surface area contributed by atoms with Crippen molar-refractivity contribution in [2.24, 2.45) is 5.92 Å². The van der Waals surface area contributed by atoms with E-state index < -0.39 is 15.9 Å². The van der Waals surface area contributed by atoms with E-state index in [-0.39, 0.29) is 30.5 Å². The van der Waals surface area contributed by atoms with Crippen LogP contribution in [0, 0.1) is 5.92 Å². The van der Waals surface area contributed by atoms with E-state index in [0.717, 1.165) is 25.7 Å². The van der Waals surface area contributed by atoms with Crippen LogP contribution < -0.4 is 0 Å². The van der Waals surface area contributed by atoms with Gasteiger partial charge in [-0.1, -0.05) is 32.1 Å². The smallest absolute Gasteiger partial charge is 0.293 e. The highest BCUT2D eigenvalue weighted by atomic mass is 32.2. The molecule has 120 valence electrons. The van der Waals surface area contributed by atoms with Crippen molar-refractivity contribution in [3.8, 4) is 0 Å². The van der Waals surface area contributed by atoms with Gasteiger partial charge in [-0.25, -0.2) is 8.42 Å². The Morgan fingerprint density at radius 2 is 1.81 bits per heavy atom. The minimum absolute atomic E-state index is 0.00399. The first kappa shape index (κ1) is 16.3. The topological polar surface area (TPSA) is 80.8 Å². The van der Waals surface area contributed by atoms with E-state index in [1.54, 1.807) is 0 Å². The minimum atomic E-state index is -3.02. The summed E-state index contributed by atoms with van der Waals surface area (Å²) in [5, 5.41) is 0. The Hall–Kier alpha value is -1.11. The molecule has 6 nitrogen and oxygen atoms in total. The summed E-state index contributed by atoms with van der Waals surface area (Å²) >= 11 is 0. The van der Waals surface area contributed by atoms with Crippen molar-refractivity contribution >= 4 is 22.2 Å². The average Bonchev–Trinajstić information content (AvgIpc) is 2.47. The quantitative estimate of drug-likeness (QED) is 0.699. The van der Waals surface area contributed by atoms with Crippen molar-refractivity contribution in [1.29, 1.82) is 0 Å². The van der Waals surface area contributed by atoms with Crippen molar-refractivity contribution in [2.75, 3.05) is 24.6 Å². The molecule has 2 aliphatic rings. The lowest BCUT2D eigenvalue weighted by Gasteiger charge is -2.31. The molecule has 7 heteroatoms. The maximum Gasteiger partial charge on any atom is 0.293 e. The summed E-state index contributed by atoms with van der Waals surface area (Å²) in [6, 6.07) is 0. The fourth-order valence-corrected chi connectivity index (χ4v) is 4.34. The molecular formula is C14H23NO5S. The molecule has 0 spiro atoms. The monoisotopic (exact) mass is 317 g/mol. The first-order chi connectivity index (χ1) is 10.0. The van der Waals surface area contributed by atoms with Crippen molar-refractivity contribution in [3.05, 3.63) is 0 Å². The third-order valence-electron chi connectivity index (χ3n) is 4.42.